The number of ether oxygens (including phenoxy) is 3. The molecular weight excluding hydrogens is 473 g/mol. The van der Waals surface area contributed by atoms with Gasteiger partial charge >= 0.3 is 0 Å². The third-order valence-corrected chi connectivity index (χ3v) is 6.74. The highest BCUT2D eigenvalue weighted by Crippen LogP contribution is 2.40. The number of nitrogens with zero attached hydrogens (tertiary/aromatic N) is 1. The van der Waals surface area contributed by atoms with Gasteiger partial charge < -0.3 is 19.5 Å². The van der Waals surface area contributed by atoms with E-state index in [4.69, 9.17) is 14.2 Å². The van der Waals surface area contributed by atoms with Crippen molar-refractivity contribution in [1.29, 1.82) is 0 Å². The molecule has 12 heteroatoms. The van der Waals surface area contributed by atoms with Crippen LogP contribution in [-0.4, -0.2) is 40.6 Å². The summed E-state index contributed by atoms with van der Waals surface area (Å²) in [6.45, 7) is 0. The molecule has 0 radical (unpaired) electrons. The Hall–Kier alpha value is -3.38. The third-order valence-electron chi connectivity index (χ3n) is 4.45. The van der Waals surface area contributed by atoms with E-state index < -0.39 is 15.8 Å². The predicted molar refractivity (Wildman–Crippen MR) is 122 cm³/mol. The lowest BCUT2D eigenvalue weighted by Gasteiger charge is -2.14. The number of benzene rings is 2. The number of nitrogens with one attached hydrogen (secondary N) is 2. The van der Waals surface area contributed by atoms with E-state index >= 15 is 0 Å². The molecule has 0 bridgehead atoms. The van der Waals surface area contributed by atoms with Crippen LogP contribution in [0.1, 0.15) is 12.1 Å². The summed E-state index contributed by atoms with van der Waals surface area (Å²) in [5, 5.41) is 4.58. The van der Waals surface area contributed by atoms with Crippen molar-refractivity contribution in [3.63, 3.8) is 0 Å². The van der Waals surface area contributed by atoms with Crippen LogP contribution in [0.3, 0.4) is 0 Å². The first-order chi connectivity index (χ1) is 15.7. The highest BCUT2D eigenvalue weighted by atomic mass is 32.2. The van der Waals surface area contributed by atoms with Crippen LogP contribution in [0.2, 0.25) is 0 Å². The largest absolute Gasteiger partial charge is 0.493 e. The maximum atomic E-state index is 13.0. The Bertz CT molecular complexity index is 1200. The van der Waals surface area contributed by atoms with Gasteiger partial charge in [0.2, 0.25) is 11.7 Å². The highest BCUT2D eigenvalue weighted by Gasteiger charge is 2.17. The molecule has 0 aliphatic rings. The molecule has 33 heavy (non-hydrogen) atoms. The number of carbonyl (C=O) groups is 1. The normalized spacial score (nSPS) is 11.0. The molecule has 176 valence electrons. The quantitative estimate of drug-likeness (QED) is 0.441. The van der Waals surface area contributed by atoms with Crippen molar-refractivity contribution >= 4 is 38.1 Å². The molecule has 3 rings (SSSR count). The van der Waals surface area contributed by atoms with Gasteiger partial charge in [-0.1, -0.05) is 0 Å². The maximum Gasteiger partial charge on any atom is 0.263 e. The van der Waals surface area contributed by atoms with Crippen molar-refractivity contribution in [3.05, 3.63) is 53.3 Å². The average Bonchev–Trinajstić information content (AvgIpc) is 3.23. The first kappa shape index (κ1) is 24.3. The highest BCUT2D eigenvalue weighted by molar-refractivity contribution is 7.93. The minimum Gasteiger partial charge on any atom is -0.493 e. The second-order valence-corrected chi connectivity index (χ2v) is 9.21. The molecule has 0 fully saturated rings. The number of amides is 1. The molecule has 0 saturated carbocycles. The van der Waals surface area contributed by atoms with E-state index in [2.05, 4.69) is 15.0 Å². The van der Waals surface area contributed by atoms with Gasteiger partial charge in [-0.2, -0.15) is 0 Å². The molecule has 1 aromatic heterocycles. The van der Waals surface area contributed by atoms with E-state index in [1.165, 1.54) is 33.5 Å². The molecule has 0 unspecified atom stereocenters. The summed E-state index contributed by atoms with van der Waals surface area (Å²) in [6.07, 6.45) is 0.412. The van der Waals surface area contributed by atoms with Crippen LogP contribution in [0, 0.1) is 5.82 Å². The molecule has 2 aromatic carbocycles. The smallest absolute Gasteiger partial charge is 0.263 e. The number of hydrogen-bond acceptors (Lipinski definition) is 8. The Morgan fingerprint density at radius 1 is 1.06 bits per heavy atom. The summed E-state index contributed by atoms with van der Waals surface area (Å²) >= 11 is 1.09. The molecule has 0 aliphatic carbocycles. The van der Waals surface area contributed by atoms with Gasteiger partial charge in [0.1, 0.15) is 5.82 Å². The van der Waals surface area contributed by atoms with E-state index in [0.29, 0.717) is 35.1 Å². The number of aromatic nitrogens is 1. The van der Waals surface area contributed by atoms with Crippen molar-refractivity contribution in [3.8, 4) is 17.2 Å². The fourth-order valence-electron chi connectivity index (χ4n) is 2.87. The molecule has 3 aromatic rings. The van der Waals surface area contributed by atoms with E-state index in [-0.39, 0.29) is 22.4 Å². The van der Waals surface area contributed by atoms with Gasteiger partial charge in [-0.05, 0) is 30.7 Å². The van der Waals surface area contributed by atoms with Crippen molar-refractivity contribution in [2.24, 2.45) is 0 Å². The number of aryl methyl sites for hydroxylation is 1. The number of halogens is 1. The Kier molecular flexibility index (Phi) is 7.71. The monoisotopic (exact) mass is 495 g/mol. The number of hydrogen-bond donors (Lipinski definition) is 2. The molecule has 0 spiro atoms. The molecular formula is C21H22FN3O6S2. The van der Waals surface area contributed by atoms with Gasteiger partial charge in [0.15, 0.2) is 16.6 Å². The van der Waals surface area contributed by atoms with Crippen molar-refractivity contribution in [2.75, 3.05) is 31.4 Å². The lowest BCUT2D eigenvalue weighted by Crippen LogP contribution is -2.14. The lowest BCUT2D eigenvalue weighted by atomic mass is 10.2. The molecule has 1 heterocycles. The van der Waals surface area contributed by atoms with Crippen LogP contribution < -0.4 is 24.2 Å². The number of carbonyl (C=O) groups excluding carboxylic acids is 1. The summed E-state index contributed by atoms with van der Waals surface area (Å²) in [7, 11) is 0.555. The number of sulfonamides is 1. The maximum absolute atomic E-state index is 13.0. The van der Waals surface area contributed by atoms with Crippen LogP contribution in [0.5, 0.6) is 17.2 Å². The van der Waals surface area contributed by atoms with Gasteiger partial charge in [-0.15, -0.1) is 11.3 Å². The van der Waals surface area contributed by atoms with E-state index in [9.17, 15) is 17.6 Å². The summed E-state index contributed by atoms with van der Waals surface area (Å²) in [4.78, 5) is 16.5. The van der Waals surface area contributed by atoms with E-state index in [0.717, 1.165) is 23.5 Å². The zero-order valence-electron chi connectivity index (χ0n) is 18.0. The predicted octanol–water partition coefficient (Wildman–Crippen LogP) is 3.68. The molecule has 2 N–H and O–H groups in total. The summed E-state index contributed by atoms with van der Waals surface area (Å²) in [5.74, 6) is 0.423. The number of anilines is 2. The molecule has 0 saturated heterocycles. The summed E-state index contributed by atoms with van der Waals surface area (Å²) < 4.78 is 55.9. The fraction of sp³-hybridized carbons (Fsp3) is 0.238. The molecule has 0 atom stereocenters. The Morgan fingerprint density at radius 3 is 2.27 bits per heavy atom. The van der Waals surface area contributed by atoms with E-state index in [1.54, 1.807) is 17.5 Å². The van der Waals surface area contributed by atoms with Crippen molar-refractivity contribution in [2.45, 2.75) is 17.7 Å². The first-order valence-electron chi connectivity index (χ1n) is 9.58. The molecule has 0 aliphatic heterocycles. The van der Waals surface area contributed by atoms with Gasteiger partial charge in [-0.25, -0.2) is 17.8 Å². The summed E-state index contributed by atoms with van der Waals surface area (Å²) in [5.41, 5.74) is 1.03. The lowest BCUT2D eigenvalue weighted by molar-refractivity contribution is -0.116. The zero-order valence-corrected chi connectivity index (χ0v) is 19.7. The topological polar surface area (TPSA) is 116 Å². The summed E-state index contributed by atoms with van der Waals surface area (Å²) in [6, 6.07) is 7.69. The Balaban J connectivity index is 1.60. The van der Waals surface area contributed by atoms with Crippen molar-refractivity contribution < 1.29 is 31.8 Å². The average molecular weight is 496 g/mol. The molecule has 1 amide bonds. The second-order valence-electron chi connectivity index (χ2n) is 6.67. The Morgan fingerprint density at radius 2 is 1.70 bits per heavy atom. The van der Waals surface area contributed by atoms with Gasteiger partial charge in [0, 0.05) is 29.6 Å². The van der Waals surface area contributed by atoms with E-state index in [1.807, 2.05) is 0 Å². The minimum absolute atomic E-state index is 0.0784. The zero-order chi connectivity index (χ0) is 24.0. The SMILES string of the molecule is COc1cc(NC(=O)CCc2csc(NS(=O)(=O)c3ccc(F)cc3)n2)cc(OC)c1OC. The standard InChI is InChI=1S/C21H22FN3O6S2/c1-29-17-10-15(11-18(30-2)20(17)31-3)23-19(26)9-6-14-12-32-21(24-14)25-33(27,28)16-7-4-13(22)5-8-16/h4-5,7-8,10-12H,6,9H2,1-3H3,(H,23,26)(H,24,25). The third kappa shape index (κ3) is 6.11. The number of methoxy groups -OCH3 is 3. The van der Waals surface area contributed by atoms with Crippen LogP contribution in [-0.2, 0) is 21.2 Å². The van der Waals surface area contributed by atoms with Crippen LogP contribution in [0.25, 0.3) is 0 Å². The first-order valence-corrected chi connectivity index (χ1v) is 11.9. The minimum atomic E-state index is -3.89. The van der Waals surface area contributed by atoms with Gasteiger partial charge in [0.05, 0.1) is 31.9 Å². The fourth-order valence-corrected chi connectivity index (χ4v) is 4.87. The van der Waals surface area contributed by atoms with Crippen LogP contribution in [0.15, 0.2) is 46.7 Å². The Labute approximate surface area is 194 Å². The van der Waals surface area contributed by atoms with Gasteiger partial charge in [-0.3, -0.25) is 9.52 Å². The van der Waals surface area contributed by atoms with Crippen molar-refractivity contribution in [1.82, 2.24) is 4.98 Å². The number of thiazole rings is 1. The van der Waals surface area contributed by atoms with Crippen LogP contribution in [0.4, 0.5) is 15.2 Å². The molecule has 9 nitrogen and oxygen atoms in total. The van der Waals surface area contributed by atoms with Gasteiger partial charge in [0.25, 0.3) is 10.0 Å². The number of rotatable bonds is 10. The second kappa shape index (κ2) is 10.5. The van der Waals surface area contributed by atoms with Crippen LogP contribution >= 0.6 is 11.3 Å².